The van der Waals surface area contributed by atoms with Crippen molar-refractivity contribution < 1.29 is 22.3 Å². The van der Waals surface area contributed by atoms with Gasteiger partial charge in [0.2, 0.25) is 10.0 Å². The molecule has 0 spiro atoms. The van der Waals surface area contributed by atoms with E-state index in [2.05, 4.69) is 4.72 Å². The maximum absolute atomic E-state index is 13.9. The van der Waals surface area contributed by atoms with Gasteiger partial charge in [-0.2, -0.15) is 0 Å². The van der Waals surface area contributed by atoms with E-state index in [1.807, 2.05) is 0 Å². The van der Waals surface area contributed by atoms with Crippen LogP contribution in [0.25, 0.3) is 0 Å². The van der Waals surface area contributed by atoms with Crippen LogP contribution in [-0.2, 0) is 20.5 Å². The molecule has 1 aliphatic rings. The van der Waals surface area contributed by atoms with Crippen molar-refractivity contribution >= 4 is 33.2 Å². The zero-order chi connectivity index (χ0) is 19.4. The van der Waals surface area contributed by atoms with Gasteiger partial charge in [0, 0.05) is 23.7 Å². The van der Waals surface area contributed by atoms with Crippen LogP contribution >= 0.6 is 11.6 Å². The summed E-state index contributed by atoms with van der Waals surface area (Å²) in [7, 11) is -3.99. The van der Waals surface area contributed by atoms with Gasteiger partial charge < -0.3 is 9.64 Å². The minimum absolute atomic E-state index is 0.0260. The molecule has 0 saturated carbocycles. The van der Waals surface area contributed by atoms with Crippen LogP contribution in [0.2, 0.25) is 5.02 Å². The van der Waals surface area contributed by atoms with Crippen LogP contribution in [0.3, 0.4) is 0 Å². The van der Waals surface area contributed by atoms with Gasteiger partial charge in [-0.25, -0.2) is 12.8 Å². The third-order valence-electron chi connectivity index (χ3n) is 4.12. The highest BCUT2D eigenvalue weighted by Crippen LogP contribution is 2.24. The summed E-state index contributed by atoms with van der Waals surface area (Å²) in [5, 5.41) is 0.0260. The fourth-order valence-electron chi connectivity index (χ4n) is 2.76. The third kappa shape index (κ3) is 4.77. The van der Waals surface area contributed by atoms with Crippen LogP contribution in [-0.4, -0.2) is 45.5 Å². The predicted molar refractivity (Wildman–Crippen MR) is 101 cm³/mol. The molecular weight excluding hydrogens is 395 g/mol. The Morgan fingerprint density at radius 3 is 2.56 bits per heavy atom. The second-order valence-corrected chi connectivity index (χ2v) is 8.14. The number of nitrogens with zero attached hydrogens (tertiary/aromatic N) is 1. The number of nitrogens with one attached hydrogen (secondary N) is 1. The van der Waals surface area contributed by atoms with Crippen molar-refractivity contribution in [3.8, 4) is 0 Å². The summed E-state index contributed by atoms with van der Waals surface area (Å²) in [5.74, 6) is -1.63. The number of hydrogen-bond acceptors (Lipinski definition) is 4. The van der Waals surface area contributed by atoms with Crippen LogP contribution in [0.5, 0.6) is 0 Å². The Kier molecular flexibility index (Phi) is 5.98. The van der Waals surface area contributed by atoms with Crippen LogP contribution in [0, 0.1) is 5.82 Å². The largest absolute Gasteiger partial charge is 0.378 e. The lowest BCUT2D eigenvalue weighted by Gasteiger charge is -2.27. The summed E-state index contributed by atoms with van der Waals surface area (Å²) >= 11 is 5.92. The molecule has 9 heteroatoms. The Labute approximate surface area is 161 Å². The minimum Gasteiger partial charge on any atom is -0.378 e. The van der Waals surface area contributed by atoms with Crippen molar-refractivity contribution in [2.75, 3.05) is 31.0 Å². The molecule has 1 N–H and O–H groups in total. The van der Waals surface area contributed by atoms with Crippen molar-refractivity contribution in [1.82, 2.24) is 4.90 Å². The topological polar surface area (TPSA) is 75.7 Å². The normalized spacial score (nSPS) is 14.8. The molecule has 1 aliphatic heterocycles. The van der Waals surface area contributed by atoms with E-state index >= 15 is 0 Å². The first-order valence-electron chi connectivity index (χ1n) is 8.27. The summed E-state index contributed by atoms with van der Waals surface area (Å²) in [6.07, 6.45) is 0. The van der Waals surface area contributed by atoms with Gasteiger partial charge in [0.25, 0.3) is 5.91 Å². The van der Waals surface area contributed by atoms with Gasteiger partial charge in [-0.3, -0.25) is 9.52 Å². The van der Waals surface area contributed by atoms with E-state index in [1.54, 1.807) is 23.1 Å². The zero-order valence-electron chi connectivity index (χ0n) is 14.3. The second kappa shape index (κ2) is 8.24. The van der Waals surface area contributed by atoms with E-state index in [1.165, 1.54) is 18.2 Å². The molecule has 2 aromatic rings. The Morgan fingerprint density at radius 1 is 1.15 bits per heavy atom. The molecule has 0 aliphatic carbocycles. The van der Waals surface area contributed by atoms with Crippen molar-refractivity contribution in [3.05, 3.63) is 64.4 Å². The van der Waals surface area contributed by atoms with Crippen molar-refractivity contribution in [2.45, 2.75) is 5.75 Å². The Bertz CT molecular complexity index is 926. The molecular formula is C18H18ClFN2O4S. The van der Waals surface area contributed by atoms with Crippen LogP contribution in [0.4, 0.5) is 10.1 Å². The van der Waals surface area contributed by atoms with E-state index in [0.717, 1.165) is 6.07 Å². The third-order valence-corrected chi connectivity index (χ3v) is 5.67. The fraction of sp³-hybridized carbons (Fsp3) is 0.278. The van der Waals surface area contributed by atoms with Gasteiger partial charge in [-0.05, 0) is 24.3 Å². The zero-order valence-corrected chi connectivity index (χ0v) is 15.9. The van der Waals surface area contributed by atoms with Crippen LogP contribution < -0.4 is 4.72 Å². The van der Waals surface area contributed by atoms with Crippen LogP contribution in [0.15, 0.2) is 42.5 Å². The lowest BCUT2D eigenvalue weighted by atomic mass is 10.1. The number of benzene rings is 2. The lowest BCUT2D eigenvalue weighted by Crippen LogP contribution is -2.41. The van der Waals surface area contributed by atoms with Gasteiger partial charge in [-0.1, -0.05) is 29.8 Å². The maximum Gasteiger partial charge on any atom is 0.256 e. The molecule has 1 saturated heterocycles. The number of amides is 1. The molecule has 0 radical (unpaired) electrons. The lowest BCUT2D eigenvalue weighted by molar-refractivity contribution is 0.0303. The standard InChI is InChI=1S/C18H18ClFN2O4S/c19-15-5-3-6-16(20)14(15)12-27(24,25)21-17-7-2-1-4-13(17)18(23)22-8-10-26-11-9-22/h1-7,21H,8-12H2. The molecule has 1 amide bonds. The quantitative estimate of drug-likeness (QED) is 0.819. The van der Waals surface area contributed by atoms with E-state index in [0.29, 0.717) is 26.3 Å². The van der Waals surface area contributed by atoms with Gasteiger partial charge >= 0.3 is 0 Å². The highest BCUT2D eigenvalue weighted by atomic mass is 35.5. The molecule has 27 heavy (non-hydrogen) atoms. The molecule has 144 valence electrons. The minimum atomic E-state index is -3.99. The van der Waals surface area contributed by atoms with Gasteiger partial charge in [0.15, 0.2) is 0 Å². The Balaban J connectivity index is 1.84. The molecule has 0 bridgehead atoms. The number of sulfonamides is 1. The molecule has 2 aromatic carbocycles. The van der Waals surface area contributed by atoms with Crippen molar-refractivity contribution in [2.24, 2.45) is 0 Å². The first kappa shape index (κ1) is 19.6. The number of ether oxygens (including phenoxy) is 1. The van der Waals surface area contributed by atoms with Crippen LogP contribution in [0.1, 0.15) is 15.9 Å². The average Bonchev–Trinajstić information content (AvgIpc) is 2.65. The summed E-state index contributed by atoms with van der Waals surface area (Å²) in [6, 6.07) is 10.3. The van der Waals surface area contributed by atoms with E-state index in [9.17, 15) is 17.6 Å². The summed E-state index contributed by atoms with van der Waals surface area (Å²) in [5.41, 5.74) is 0.243. The summed E-state index contributed by atoms with van der Waals surface area (Å²) < 4.78 is 46.6. The SMILES string of the molecule is O=C(c1ccccc1NS(=O)(=O)Cc1c(F)cccc1Cl)N1CCOCC1. The first-order valence-corrected chi connectivity index (χ1v) is 10.3. The predicted octanol–water partition coefficient (Wildman–Crippen LogP) is 2.89. The number of halogens is 2. The van der Waals surface area contributed by atoms with E-state index in [4.69, 9.17) is 16.3 Å². The molecule has 1 fully saturated rings. The maximum atomic E-state index is 13.9. The molecule has 0 aromatic heterocycles. The summed E-state index contributed by atoms with van der Waals surface area (Å²) in [4.78, 5) is 14.3. The summed E-state index contributed by atoms with van der Waals surface area (Å²) in [6.45, 7) is 1.74. The van der Waals surface area contributed by atoms with Gasteiger partial charge in [-0.15, -0.1) is 0 Å². The molecule has 3 rings (SSSR count). The second-order valence-electron chi connectivity index (χ2n) is 6.01. The highest BCUT2D eigenvalue weighted by Gasteiger charge is 2.24. The first-order chi connectivity index (χ1) is 12.9. The highest BCUT2D eigenvalue weighted by molar-refractivity contribution is 7.91. The Hall–Kier alpha value is -2.16. The Morgan fingerprint density at radius 2 is 1.85 bits per heavy atom. The van der Waals surface area contributed by atoms with Crippen molar-refractivity contribution in [3.63, 3.8) is 0 Å². The average molecular weight is 413 g/mol. The number of rotatable bonds is 5. The smallest absolute Gasteiger partial charge is 0.256 e. The van der Waals surface area contributed by atoms with Gasteiger partial charge in [0.05, 0.1) is 30.2 Å². The molecule has 0 unspecified atom stereocenters. The van der Waals surface area contributed by atoms with Gasteiger partial charge in [0.1, 0.15) is 5.82 Å². The molecule has 6 nitrogen and oxygen atoms in total. The number of carbonyl (C=O) groups excluding carboxylic acids is 1. The van der Waals surface area contributed by atoms with Crippen molar-refractivity contribution in [1.29, 1.82) is 0 Å². The molecule has 1 heterocycles. The monoisotopic (exact) mass is 412 g/mol. The van der Waals surface area contributed by atoms with E-state index in [-0.39, 0.29) is 27.7 Å². The number of para-hydroxylation sites is 1. The molecule has 0 atom stereocenters. The number of anilines is 1. The number of morpholine rings is 1. The number of carbonyl (C=O) groups is 1. The van der Waals surface area contributed by atoms with E-state index < -0.39 is 21.6 Å². The fourth-order valence-corrected chi connectivity index (χ4v) is 4.33. The number of hydrogen-bond donors (Lipinski definition) is 1.